The smallest absolute Gasteiger partial charge is 0.238 e. The van der Waals surface area contributed by atoms with Crippen molar-refractivity contribution < 1.29 is 4.74 Å². The molecule has 3 aromatic heterocycles. The molecule has 1 fully saturated rings. The van der Waals surface area contributed by atoms with Crippen molar-refractivity contribution >= 4 is 5.82 Å². The average Bonchev–Trinajstić information content (AvgIpc) is 3.44. The standard InChI is InChI=1S/C24H24N6O/c1-15-11-21(19-9-10-22(24(27-19)31-3)30-13-16(2)25-14-30)28-29-23(15)26-20-12-18(20)17-7-5-4-6-8-17/h4-11,13-14,18,20H,12H2,1-3H3,(H,26,29). The zero-order chi connectivity index (χ0) is 21.4. The first kappa shape index (κ1) is 19.2. The van der Waals surface area contributed by atoms with Crippen LogP contribution in [0.4, 0.5) is 5.82 Å². The predicted molar refractivity (Wildman–Crippen MR) is 120 cm³/mol. The van der Waals surface area contributed by atoms with Gasteiger partial charge in [0, 0.05) is 18.2 Å². The summed E-state index contributed by atoms with van der Waals surface area (Å²) in [7, 11) is 1.61. The molecule has 7 nitrogen and oxygen atoms in total. The van der Waals surface area contributed by atoms with Crippen molar-refractivity contribution in [1.82, 2.24) is 24.7 Å². The van der Waals surface area contributed by atoms with Crippen molar-refractivity contribution in [2.45, 2.75) is 32.2 Å². The Morgan fingerprint density at radius 2 is 1.87 bits per heavy atom. The van der Waals surface area contributed by atoms with Crippen LogP contribution in [0.25, 0.3) is 17.1 Å². The Morgan fingerprint density at radius 1 is 1.03 bits per heavy atom. The van der Waals surface area contributed by atoms with Crippen LogP contribution in [0.5, 0.6) is 5.88 Å². The van der Waals surface area contributed by atoms with Gasteiger partial charge in [0.15, 0.2) is 5.82 Å². The first-order chi connectivity index (χ1) is 15.1. The summed E-state index contributed by atoms with van der Waals surface area (Å²) in [6.45, 7) is 3.99. The van der Waals surface area contributed by atoms with Gasteiger partial charge in [-0.1, -0.05) is 30.3 Å². The molecule has 0 spiro atoms. The van der Waals surface area contributed by atoms with Crippen LogP contribution in [0.15, 0.2) is 61.1 Å². The number of anilines is 1. The number of nitrogens with one attached hydrogen (secondary N) is 1. The normalized spacial score (nSPS) is 17.4. The van der Waals surface area contributed by atoms with Crippen molar-refractivity contribution in [3.63, 3.8) is 0 Å². The molecule has 0 aliphatic heterocycles. The molecule has 5 rings (SSSR count). The van der Waals surface area contributed by atoms with Gasteiger partial charge in [0.2, 0.25) is 5.88 Å². The quantitative estimate of drug-likeness (QED) is 0.508. The molecule has 0 bridgehead atoms. The molecule has 7 heteroatoms. The molecule has 1 aliphatic rings. The number of pyridine rings is 1. The summed E-state index contributed by atoms with van der Waals surface area (Å²) in [6.07, 6.45) is 4.80. The van der Waals surface area contributed by atoms with Gasteiger partial charge < -0.3 is 14.6 Å². The van der Waals surface area contributed by atoms with E-state index in [-0.39, 0.29) is 0 Å². The van der Waals surface area contributed by atoms with Crippen LogP contribution < -0.4 is 10.1 Å². The van der Waals surface area contributed by atoms with E-state index < -0.39 is 0 Å². The highest BCUT2D eigenvalue weighted by molar-refractivity contribution is 5.61. The maximum Gasteiger partial charge on any atom is 0.238 e. The first-order valence-electron chi connectivity index (χ1n) is 10.3. The molecule has 0 radical (unpaired) electrons. The van der Waals surface area contributed by atoms with Gasteiger partial charge in [-0.25, -0.2) is 9.97 Å². The van der Waals surface area contributed by atoms with Crippen LogP contribution in [-0.4, -0.2) is 37.9 Å². The lowest BCUT2D eigenvalue weighted by molar-refractivity contribution is 0.396. The highest BCUT2D eigenvalue weighted by atomic mass is 16.5. The summed E-state index contributed by atoms with van der Waals surface area (Å²) in [6, 6.07) is 16.9. The van der Waals surface area contributed by atoms with Crippen LogP contribution in [0.3, 0.4) is 0 Å². The monoisotopic (exact) mass is 412 g/mol. The van der Waals surface area contributed by atoms with Crippen LogP contribution in [0, 0.1) is 13.8 Å². The average molecular weight is 412 g/mol. The molecule has 1 aromatic carbocycles. The fraction of sp³-hybridized carbons (Fsp3) is 0.250. The van der Waals surface area contributed by atoms with E-state index in [0.29, 0.717) is 29.2 Å². The minimum atomic E-state index is 0.400. The van der Waals surface area contributed by atoms with Gasteiger partial charge >= 0.3 is 0 Å². The van der Waals surface area contributed by atoms with E-state index in [1.807, 2.05) is 42.8 Å². The second-order valence-electron chi connectivity index (χ2n) is 7.91. The Bertz CT molecular complexity index is 1220. The Hall–Kier alpha value is -3.74. The third-order valence-electron chi connectivity index (χ3n) is 5.61. The molecule has 1 aliphatic carbocycles. The van der Waals surface area contributed by atoms with Crippen molar-refractivity contribution in [2.24, 2.45) is 0 Å². The summed E-state index contributed by atoms with van der Waals surface area (Å²) in [5.74, 6) is 1.87. The first-order valence-corrected chi connectivity index (χ1v) is 10.3. The van der Waals surface area contributed by atoms with Crippen molar-refractivity contribution in [3.05, 3.63) is 77.9 Å². The third-order valence-corrected chi connectivity index (χ3v) is 5.61. The van der Waals surface area contributed by atoms with E-state index in [4.69, 9.17) is 4.74 Å². The Balaban J connectivity index is 1.35. The Kier molecular flexibility index (Phi) is 4.86. The van der Waals surface area contributed by atoms with Gasteiger partial charge in [-0.05, 0) is 49.6 Å². The number of methoxy groups -OCH3 is 1. The van der Waals surface area contributed by atoms with E-state index in [2.05, 4.69) is 55.8 Å². The SMILES string of the molecule is COc1nc(-c2cc(C)c(NC3CC3c3ccccc3)nn2)ccc1-n1cnc(C)c1. The van der Waals surface area contributed by atoms with E-state index in [1.165, 1.54) is 5.56 Å². The van der Waals surface area contributed by atoms with Crippen LogP contribution in [0.2, 0.25) is 0 Å². The molecule has 156 valence electrons. The molecule has 0 saturated heterocycles. The Morgan fingerprint density at radius 3 is 2.58 bits per heavy atom. The number of imidazole rings is 1. The van der Waals surface area contributed by atoms with Crippen molar-refractivity contribution in [2.75, 3.05) is 12.4 Å². The summed E-state index contributed by atoms with van der Waals surface area (Å²) in [5, 5.41) is 12.4. The highest BCUT2D eigenvalue weighted by Crippen LogP contribution is 2.42. The molecule has 1 saturated carbocycles. The van der Waals surface area contributed by atoms with Gasteiger partial charge in [0.05, 0.1) is 24.8 Å². The number of benzene rings is 1. The molecule has 0 amide bonds. The maximum absolute atomic E-state index is 5.52. The number of rotatable bonds is 6. The van der Waals surface area contributed by atoms with E-state index in [1.54, 1.807) is 13.4 Å². The molecular weight excluding hydrogens is 388 g/mol. The molecule has 2 unspecified atom stereocenters. The maximum atomic E-state index is 5.52. The van der Waals surface area contributed by atoms with Crippen LogP contribution in [-0.2, 0) is 0 Å². The van der Waals surface area contributed by atoms with Gasteiger partial charge in [0.25, 0.3) is 0 Å². The van der Waals surface area contributed by atoms with E-state index in [0.717, 1.165) is 29.2 Å². The van der Waals surface area contributed by atoms with Crippen molar-refractivity contribution in [3.8, 4) is 23.0 Å². The lowest BCUT2D eigenvalue weighted by Gasteiger charge is -2.11. The molecule has 1 N–H and O–H groups in total. The summed E-state index contributed by atoms with van der Waals surface area (Å²) in [4.78, 5) is 8.92. The van der Waals surface area contributed by atoms with Gasteiger partial charge in [-0.2, -0.15) is 0 Å². The highest BCUT2D eigenvalue weighted by Gasteiger charge is 2.38. The summed E-state index contributed by atoms with van der Waals surface area (Å²) in [5.41, 5.74) is 5.60. The topological polar surface area (TPSA) is 77.8 Å². The van der Waals surface area contributed by atoms with Crippen LogP contribution in [0.1, 0.15) is 29.2 Å². The lowest BCUT2D eigenvalue weighted by atomic mass is 10.1. The molecule has 4 aromatic rings. The van der Waals surface area contributed by atoms with Crippen molar-refractivity contribution in [1.29, 1.82) is 0 Å². The second-order valence-corrected chi connectivity index (χ2v) is 7.91. The molecule has 2 atom stereocenters. The zero-order valence-corrected chi connectivity index (χ0v) is 17.8. The predicted octanol–water partition coefficient (Wildman–Crippen LogP) is 4.32. The summed E-state index contributed by atoms with van der Waals surface area (Å²) >= 11 is 0. The Labute approximate surface area is 181 Å². The largest absolute Gasteiger partial charge is 0.479 e. The number of aromatic nitrogens is 5. The molecular formula is C24H24N6O. The summed E-state index contributed by atoms with van der Waals surface area (Å²) < 4.78 is 7.42. The van der Waals surface area contributed by atoms with Gasteiger partial charge in [-0.15, -0.1) is 10.2 Å². The van der Waals surface area contributed by atoms with E-state index in [9.17, 15) is 0 Å². The minimum Gasteiger partial charge on any atom is -0.479 e. The zero-order valence-electron chi connectivity index (χ0n) is 17.8. The van der Waals surface area contributed by atoms with Crippen LogP contribution >= 0.6 is 0 Å². The fourth-order valence-electron chi connectivity index (χ4n) is 3.83. The number of nitrogens with zero attached hydrogens (tertiary/aromatic N) is 5. The second kappa shape index (κ2) is 7.83. The van der Waals surface area contributed by atoms with E-state index >= 15 is 0 Å². The number of hydrogen-bond donors (Lipinski definition) is 1. The lowest BCUT2D eigenvalue weighted by Crippen LogP contribution is -2.09. The van der Waals surface area contributed by atoms with Gasteiger partial charge in [-0.3, -0.25) is 0 Å². The third kappa shape index (κ3) is 3.86. The molecule has 3 heterocycles. The fourth-order valence-corrected chi connectivity index (χ4v) is 3.83. The number of hydrogen-bond acceptors (Lipinski definition) is 6. The number of ether oxygens (including phenoxy) is 1. The number of aryl methyl sites for hydroxylation is 2. The molecule has 31 heavy (non-hydrogen) atoms. The van der Waals surface area contributed by atoms with Gasteiger partial charge in [0.1, 0.15) is 11.4 Å². The minimum absolute atomic E-state index is 0.400.